The van der Waals surface area contributed by atoms with Crippen molar-refractivity contribution in [3.63, 3.8) is 0 Å². The number of aliphatic carboxylic acids is 1. The lowest BCUT2D eigenvalue weighted by Gasteiger charge is -2.09. The third kappa shape index (κ3) is 3.00. The lowest BCUT2D eigenvalue weighted by atomic mass is 10.3. The van der Waals surface area contributed by atoms with Crippen LogP contribution in [0.1, 0.15) is 6.42 Å². The molecular formula is C7H12O4S. The first-order chi connectivity index (χ1) is 5.70. The lowest BCUT2D eigenvalue weighted by molar-refractivity contribution is -0.136. The molecule has 2 N–H and O–H groups in total. The summed E-state index contributed by atoms with van der Waals surface area (Å²) in [4.78, 5) is 10.1. The number of carboxylic acids is 1. The van der Waals surface area contributed by atoms with Crippen LogP contribution < -0.4 is 0 Å². The number of thioether (sulfide) groups is 1. The van der Waals surface area contributed by atoms with E-state index < -0.39 is 12.1 Å². The Labute approximate surface area is 74.9 Å². The van der Waals surface area contributed by atoms with Crippen molar-refractivity contribution in [3.05, 3.63) is 0 Å². The number of ether oxygens (including phenoxy) is 1. The van der Waals surface area contributed by atoms with Crippen molar-refractivity contribution < 1.29 is 19.7 Å². The second-order valence-corrected chi connectivity index (χ2v) is 4.00. The van der Waals surface area contributed by atoms with E-state index in [0.717, 1.165) is 0 Å². The SMILES string of the molecule is O=C(O)CCS[C@@H]1COC[C@H]1O. The third-order valence-corrected chi connectivity index (χ3v) is 2.97. The number of rotatable bonds is 4. The summed E-state index contributed by atoms with van der Waals surface area (Å²) in [7, 11) is 0. The van der Waals surface area contributed by atoms with Crippen molar-refractivity contribution in [2.75, 3.05) is 19.0 Å². The molecule has 1 aliphatic heterocycles. The van der Waals surface area contributed by atoms with E-state index >= 15 is 0 Å². The minimum absolute atomic E-state index is 0.0596. The van der Waals surface area contributed by atoms with Crippen LogP contribution in [0.15, 0.2) is 0 Å². The quantitative estimate of drug-likeness (QED) is 0.654. The van der Waals surface area contributed by atoms with Crippen molar-refractivity contribution in [1.82, 2.24) is 0 Å². The van der Waals surface area contributed by atoms with Crippen molar-refractivity contribution in [2.24, 2.45) is 0 Å². The van der Waals surface area contributed by atoms with E-state index in [1.807, 2.05) is 0 Å². The maximum absolute atomic E-state index is 10.1. The van der Waals surface area contributed by atoms with E-state index in [4.69, 9.17) is 9.84 Å². The van der Waals surface area contributed by atoms with Crippen LogP contribution in [0.3, 0.4) is 0 Å². The van der Waals surface area contributed by atoms with Crippen LogP contribution >= 0.6 is 11.8 Å². The van der Waals surface area contributed by atoms with Gasteiger partial charge in [0.25, 0.3) is 0 Å². The molecule has 0 aromatic rings. The predicted octanol–water partition coefficient (Wildman–Crippen LogP) is -0.0460. The average Bonchev–Trinajstić information content (AvgIpc) is 2.36. The van der Waals surface area contributed by atoms with Crippen molar-refractivity contribution in [1.29, 1.82) is 0 Å². The van der Waals surface area contributed by atoms with E-state index in [2.05, 4.69) is 0 Å². The minimum Gasteiger partial charge on any atom is -0.481 e. The Morgan fingerprint density at radius 1 is 1.58 bits per heavy atom. The maximum atomic E-state index is 10.1. The average molecular weight is 192 g/mol. The summed E-state index contributed by atoms with van der Waals surface area (Å²) in [6, 6.07) is 0. The number of hydrogen-bond donors (Lipinski definition) is 2. The smallest absolute Gasteiger partial charge is 0.304 e. The molecule has 2 atom stereocenters. The molecule has 0 aromatic heterocycles. The molecule has 0 amide bonds. The Hall–Kier alpha value is -0.260. The first kappa shape index (κ1) is 9.83. The molecule has 4 nitrogen and oxygen atoms in total. The first-order valence-electron chi connectivity index (χ1n) is 3.79. The van der Waals surface area contributed by atoms with Gasteiger partial charge in [0.15, 0.2) is 0 Å². The van der Waals surface area contributed by atoms with Gasteiger partial charge in [-0.2, -0.15) is 11.8 Å². The van der Waals surface area contributed by atoms with Gasteiger partial charge in [-0.3, -0.25) is 4.79 Å². The monoisotopic (exact) mass is 192 g/mol. The summed E-state index contributed by atoms with van der Waals surface area (Å²) in [5.41, 5.74) is 0. The zero-order valence-corrected chi connectivity index (χ0v) is 7.42. The van der Waals surface area contributed by atoms with E-state index in [-0.39, 0.29) is 11.7 Å². The molecule has 0 bridgehead atoms. The Kier molecular flexibility index (Phi) is 3.84. The molecule has 0 unspecified atom stereocenters. The van der Waals surface area contributed by atoms with Gasteiger partial charge in [-0.1, -0.05) is 0 Å². The molecule has 1 fully saturated rings. The van der Waals surface area contributed by atoms with Gasteiger partial charge in [0.2, 0.25) is 0 Å². The zero-order chi connectivity index (χ0) is 8.97. The number of aliphatic hydroxyl groups excluding tert-OH is 1. The van der Waals surface area contributed by atoms with Crippen LogP contribution in [-0.4, -0.2) is 46.5 Å². The molecular weight excluding hydrogens is 180 g/mol. The van der Waals surface area contributed by atoms with Gasteiger partial charge in [-0.25, -0.2) is 0 Å². The summed E-state index contributed by atoms with van der Waals surface area (Å²) in [6.07, 6.45) is -0.280. The van der Waals surface area contributed by atoms with Gasteiger partial charge in [0.05, 0.1) is 31.0 Å². The number of hydrogen-bond acceptors (Lipinski definition) is 4. The lowest BCUT2D eigenvalue weighted by Crippen LogP contribution is -2.20. The Morgan fingerprint density at radius 3 is 2.83 bits per heavy atom. The predicted molar refractivity (Wildman–Crippen MR) is 45.3 cm³/mol. The molecule has 0 aromatic carbocycles. The summed E-state index contributed by atoms with van der Waals surface area (Å²) in [5, 5.41) is 17.7. The van der Waals surface area contributed by atoms with Crippen LogP contribution in [-0.2, 0) is 9.53 Å². The van der Waals surface area contributed by atoms with Gasteiger partial charge < -0.3 is 14.9 Å². The molecule has 1 rings (SSSR count). The molecule has 0 aliphatic carbocycles. The first-order valence-corrected chi connectivity index (χ1v) is 4.84. The Bertz CT molecular complexity index is 161. The number of carbonyl (C=O) groups is 1. The van der Waals surface area contributed by atoms with Gasteiger partial charge in [-0.15, -0.1) is 0 Å². The van der Waals surface area contributed by atoms with Gasteiger partial charge in [0.1, 0.15) is 0 Å². The number of carboxylic acid groups (broad SMARTS) is 1. The van der Waals surface area contributed by atoms with Gasteiger partial charge >= 0.3 is 5.97 Å². The van der Waals surface area contributed by atoms with Crippen molar-refractivity contribution in [2.45, 2.75) is 17.8 Å². The summed E-state index contributed by atoms with van der Waals surface area (Å²) >= 11 is 1.46. The van der Waals surface area contributed by atoms with Gasteiger partial charge in [-0.05, 0) is 0 Å². The highest BCUT2D eigenvalue weighted by atomic mass is 32.2. The van der Waals surface area contributed by atoms with Crippen LogP contribution in [0.25, 0.3) is 0 Å². The molecule has 0 spiro atoms. The van der Waals surface area contributed by atoms with Crippen molar-refractivity contribution in [3.8, 4) is 0 Å². The summed E-state index contributed by atoms with van der Waals surface area (Å²) in [5.74, 6) is -0.253. The second kappa shape index (κ2) is 4.69. The van der Waals surface area contributed by atoms with Crippen LogP contribution in [0.2, 0.25) is 0 Å². The topological polar surface area (TPSA) is 66.8 Å². The largest absolute Gasteiger partial charge is 0.481 e. The van der Waals surface area contributed by atoms with Crippen LogP contribution in [0, 0.1) is 0 Å². The maximum Gasteiger partial charge on any atom is 0.304 e. The van der Waals surface area contributed by atoms with Gasteiger partial charge in [0, 0.05) is 5.75 Å². The van der Waals surface area contributed by atoms with Crippen LogP contribution in [0.4, 0.5) is 0 Å². The van der Waals surface area contributed by atoms with E-state index in [1.54, 1.807) is 0 Å². The zero-order valence-electron chi connectivity index (χ0n) is 6.60. The molecule has 12 heavy (non-hydrogen) atoms. The minimum atomic E-state index is -0.795. The second-order valence-electron chi connectivity index (χ2n) is 2.66. The fourth-order valence-corrected chi connectivity index (χ4v) is 2.07. The molecule has 5 heteroatoms. The Morgan fingerprint density at radius 2 is 2.33 bits per heavy atom. The molecule has 0 saturated carbocycles. The molecule has 1 heterocycles. The normalized spacial score (nSPS) is 29.1. The fourth-order valence-electron chi connectivity index (χ4n) is 0.980. The fraction of sp³-hybridized carbons (Fsp3) is 0.857. The summed E-state index contributed by atoms with van der Waals surface area (Å²) in [6.45, 7) is 0.913. The highest BCUT2D eigenvalue weighted by molar-refractivity contribution is 8.00. The molecule has 70 valence electrons. The molecule has 1 aliphatic rings. The third-order valence-electron chi connectivity index (χ3n) is 1.65. The highest BCUT2D eigenvalue weighted by Gasteiger charge is 2.26. The summed E-state index contributed by atoms with van der Waals surface area (Å²) < 4.78 is 5.01. The van der Waals surface area contributed by atoms with Crippen molar-refractivity contribution >= 4 is 17.7 Å². The standard InChI is InChI=1S/C7H12O4S/c8-5-3-11-4-6(5)12-2-1-7(9)10/h5-6,8H,1-4H2,(H,9,10)/t5-,6-/m1/s1. The highest BCUT2D eigenvalue weighted by Crippen LogP contribution is 2.21. The number of aliphatic hydroxyl groups is 1. The van der Waals surface area contributed by atoms with Crippen LogP contribution in [0.5, 0.6) is 0 Å². The molecule has 1 saturated heterocycles. The van der Waals surface area contributed by atoms with E-state index in [9.17, 15) is 9.90 Å². The van der Waals surface area contributed by atoms with E-state index in [0.29, 0.717) is 19.0 Å². The Balaban J connectivity index is 2.10. The molecule has 0 radical (unpaired) electrons. The van der Waals surface area contributed by atoms with E-state index in [1.165, 1.54) is 11.8 Å².